The number of nitrogens with one attached hydrogen (secondary N) is 2. The lowest BCUT2D eigenvalue weighted by Crippen LogP contribution is -2.58. The number of fused-ring (bicyclic) bond motifs is 2. The SMILES string of the molecule is O=C1Nc2ccccc2C2(CCN(C3CCCCC3)CC2)N1. The van der Waals surface area contributed by atoms with E-state index in [1.807, 2.05) is 12.1 Å². The Labute approximate surface area is 132 Å². The number of piperidine rings is 1. The van der Waals surface area contributed by atoms with Crippen LogP contribution < -0.4 is 10.6 Å². The van der Waals surface area contributed by atoms with Gasteiger partial charge in [-0.3, -0.25) is 0 Å². The molecule has 4 nitrogen and oxygen atoms in total. The molecule has 1 aliphatic carbocycles. The second-order valence-corrected chi connectivity index (χ2v) is 7.03. The molecule has 3 aliphatic rings. The third-order valence-electron chi connectivity index (χ3n) is 5.79. The van der Waals surface area contributed by atoms with Gasteiger partial charge in [0.05, 0.1) is 5.54 Å². The molecule has 0 radical (unpaired) electrons. The van der Waals surface area contributed by atoms with Crippen molar-refractivity contribution in [2.24, 2.45) is 0 Å². The molecule has 2 N–H and O–H groups in total. The molecule has 22 heavy (non-hydrogen) atoms. The Kier molecular flexibility index (Phi) is 3.57. The van der Waals surface area contributed by atoms with Gasteiger partial charge in [0.25, 0.3) is 0 Å². The van der Waals surface area contributed by atoms with E-state index in [0.29, 0.717) is 0 Å². The zero-order valence-electron chi connectivity index (χ0n) is 13.1. The highest BCUT2D eigenvalue weighted by Crippen LogP contribution is 2.40. The summed E-state index contributed by atoms with van der Waals surface area (Å²) in [6.07, 6.45) is 8.94. The highest BCUT2D eigenvalue weighted by molar-refractivity contribution is 5.93. The van der Waals surface area contributed by atoms with Crippen LogP contribution in [0.5, 0.6) is 0 Å². The van der Waals surface area contributed by atoms with Crippen molar-refractivity contribution in [2.45, 2.75) is 56.5 Å². The number of hydrogen-bond donors (Lipinski definition) is 2. The maximum absolute atomic E-state index is 12.0. The second kappa shape index (κ2) is 5.58. The maximum atomic E-state index is 12.0. The van der Waals surface area contributed by atoms with Crippen LogP contribution in [-0.2, 0) is 5.54 Å². The van der Waals surface area contributed by atoms with Gasteiger partial charge < -0.3 is 15.5 Å². The van der Waals surface area contributed by atoms with E-state index in [4.69, 9.17) is 0 Å². The molecule has 118 valence electrons. The average molecular weight is 299 g/mol. The number of amides is 2. The Bertz CT molecular complexity index is 557. The lowest BCUT2D eigenvalue weighted by molar-refractivity contribution is 0.0826. The molecule has 2 aliphatic heterocycles. The van der Waals surface area contributed by atoms with Crippen LogP contribution in [0.4, 0.5) is 10.5 Å². The van der Waals surface area contributed by atoms with Crippen molar-refractivity contribution in [1.82, 2.24) is 10.2 Å². The molecule has 1 aromatic rings. The van der Waals surface area contributed by atoms with Crippen LogP contribution in [0.3, 0.4) is 0 Å². The molecule has 0 bridgehead atoms. The van der Waals surface area contributed by atoms with Gasteiger partial charge in [0.1, 0.15) is 0 Å². The minimum Gasteiger partial charge on any atom is -0.328 e. The molecular formula is C18H25N3O. The van der Waals surface area contributed by atoms with Gasteiger partial charge in [0, 0.05) is 30.4 Å². The van der Waals surface area contributed by atoms with E-state index < -0.39 is 0 Å². The second-order valence-electron chi connectivity index (χ2n) is 7.03. The highest BCUT2D eigenvalue weighted by Gasteiger charge is 2.42. The summed E-state index contributed by atoms with van der Waals surface area (Å²) in [4.78, 5) is 14.7. The summed E-state index contributed by atoms with van der Waals surface area (Å²) in [6.45, 7) is 2.19. The minimum absolute atomic E-state index is 0.0511. The van der Waals surface area contributed by atoms with Gasteiger partial charge in [-0.2, -0.15) is 0 Å². The summed E-state index contributed by atoms with van der Waals surface area (Å²) in [5.41, 5.74) is 2.08. The Morgan fingerprint density at radius 1 is 1.05 bits per heavy atom. The normalized spacial score (nSPS) is 25.4. The summed E-state index contributed by atoms with van der Waals surface area (Å²) >= 11 is 0. The number of carbonyl (C=O) groups is 1. The molecule has 4 heteroatoms. The number of nitrogens with zero attached hydrogens (tertiary/aromatic N) is 1. The first-order chi connectivity index (χ1) is 10.8. The van der Waals surface area contributed by atoms with E-state index in [1.54, 1.807) is 0 Å². The monoisotopic (exact) mass is 299 g/mol. The summed E-state index contributed by atoms with van der Waals surface area (Å²) in [6, 6.07) is 8.98. The number of urea groups is 1. The van der Waals surface area contributed by atoms with Crippen molar-refractivity contribution in [3.63, 3.8) is 0 Å². The first-order valence-corrected chi connectivity index (χ1v) is 8.70. The fraction of sp³-hybridized carbons (Fsp3) is 0.611. The van der Waals surface area contributed by atoms with E-state index in [1.165, 1.54) is 37.7 Å². The first-order valence-electron chi connectivity index (χ1n) is 8.70. The zero-order chi connectivity index (χ0) is 15.0. The fourth-order valence-electron chi connectivity index (χ4n) is 4.56. The van der Waals surface area contributed by atoms with E-state index in [0.717, 1.165) is 37.7 Å². The molecule has 0 unspecified atom stereocenters. The van der Waals surface area contributed by atoms with Crippen molar-refractivity contribution in [3.05, 3.63) is 29.8 Å². The Balaban J connectivity index is 1.53. The molecule has 2 heterocycles. The number of para-hydroxylation sites is 1. The van der Waals surface area contributed by atoms with Gasteiger partial charge in [-0.25, -0.2) is 4.79 Å². The van der Waals surface area contributed by atoms with E-state index >= 15 is 0 Å². The first kappa shape index (κ1) is 14.1. The van der Waals surface area contributed by atoms with Crippen molar-refractivity contribution >= 4 is 11.7 Å². The third-order valence-corrected chi connectivity index (χ3v) is 5.79. The van der Waals surface area contributed by atoms with Gasteiger partial charge >= 0.3 is 6.03 Å². The smallest absolute Gasteiger partial charge is 0.319 e. The van der Waals surface area contributed by atoms with Crippen molar-refractivity contribution in [1.29, 1.82) is 0 Å². The molecular weight excluding hydrogens is 274 g/mol. The van der Waals surface area contributed by atoms with Crippen LogP contribution in [-0.4, -0.2) is 30.1 Å². The van der Waals surface area contributed by atoms with Crippen molar-refractivity contribution in [3.8, 4) is 0 Å². The van der Waals surface area contributed by atoms with Crippen LogP contribution in [0.15, 0.2) is 24.3 Å². The molecule has 1 aromatic carbocycles. The predicted octanol–water partition coefficient (Wildman–Crippen LogP) is 3.45. The van der Waals surface area contributed by atoms with Crippen molar-refractivity contribution < 1.29 is 4.79 Å². The molecule has 1 spiro atoms. The average Bonchev–Trinajstić information content (AvgIpc) is 2.56. The topological polar surface area (TPSA) is 44.4 Å². The Hall–Kier alpha value is -1.55. The largest absolute Gasteiger partial charge is 0.328 e. The summed E-state index contributed by atoms with van der Waals surface area (Å²) in [5, 5.41) is 6.18. The predicted molar refractivity (Wildman–Crippen MR) is 88.0 cm³/mol. The van der Waals surface area contributed by atoms with Gasteiger partial charge in [0.15, 0.2) is 0 Å². The fourth-order valence-corrected chi connectivity index (χ4v) is 4.56. The van der Waals surface area contributed by atoms with Crippen LogP contribution in [0.2, 0.25) is 0 Å². The van der Waals surface area contributed by atoms with Gasteiger partial charge in [-0.05, 0) is 31.7 Å². The van der Waals surface area contributed by atoms with Crippen LogP contribution in [0.25, 0.3) is 0 Å². The van der Waals surface area contributed by atoms with Gasteiger partial charge in [-0.1, -0.05) is 37.5 Å². The quantitative estimate of drug-likeness (QED) is 0.834. The third kappa shape index (κ3) is 2.39. The molecule has 4 rings (SSSR count). The Morgan fingerprint density at radius 2 is 1.77 bits per heavy atom. The standard InChI is InChI=1S/C18H25N3O/c22-17-19-16-9-5-4-8-15(16)18(20-17)10-12-21(13-11-18)14-6-2-1-3-7-14/h4-5,8-9,14H,1-3,6-7,10-13H2,(H2,19,20,22). The number of rotatable bonds is 1. The van der Waals surface area contributed by atoms with E-state index in [9.17, 15) is 4.79 Å². The van der Waals surface area contributed by atoms with Crippen molar-refractivity contribution in [2.75, 3.05) is 18.4 Å². The maximum Gasteiger partial charge on any atom is 0.319 e. The molecule has 2 fully saturated rings. The van der Waals surface area contributed by atoms with Crippen LogP contribution >= 0.6 is 0 Å². The van der Waals surface area contributed by atoms with E-state index in [-0.39, 0.29) is 11.6 Å². The molecule has 0 aromatic heterocycles. The number of benzene rings is 1. The highest BCUT2D eigenvalue weighted by atomic mass is 16.2. The number of carbonyl (C=O) groups excluding carboxylic acids is 1. The van der Waals surface area contributed by atoms with Gasteiger partial charge in [-0.15, -0.1) is 0 Å². The van der Waals surface area contributed by atoms with Gasteiger partial charge in [0.2, 0.25) is 0 Å². The summed E-state index contributed by atoms with van der Waals surface area (Å²) in [7, 11) is 0. The van der Waals surface area contributed by atoms with E-state index in [2.05, 4.69) is 27.7 Å². The number of anilines is 1. The van der Waals surface area contributed by atoms with Crippen LogP contribution in [0, 0.1) is 0 Å². The number of hydrogen-bond acceptors (Lipinski definition) is 2. The molecule has 1 saturated carbocycles. The minimum atomic E-state index is -0.163. The summed E-state index contributed by atoms with van der Waals surface area (Å²) in [5.74, 6) is 0. The number of likely N-dealkylation sites (tertiary alicyclic amines) is 1. The molecule has 0 atom stereocenters. The zero-order valence-corrected chi connectivity index (χ0v) is 13.1. The summed E-state index contributed by atoms with van der Waals surface area (Å²) < 4.78 is 0. The molecule has 2 amide bonds. The van der Waals surface area contributed by atoms with Crippen LogP contribution in [0.1, 0.15) is 50.5 Å². The lowest BCUT2D eigenvalue weighted by atomic mass is 9.78. The lowest BCUT2D eigenvalue weighted by Gasteiger charge is -2.48. The molecule has 1 saturated heterocycles. The Morgan fingerprint density at radius 3 is 2.55 bits per heavy atom.